The molecule has 13 heavy (non-hydrogen) atoms. The van der Waals surface area contributed by atoms with Crippen LogP contribution in [0.1, 0.15) is 0 Å². The van der Waals surface area contributed by atoms with Gasteiger partial charge in [-0.3, -0.25) is 0 Å². The minimum Gasteiger partial charge on any atom is -0.380 e. The Bertz CT molecular complexity index is 316. The summed E-state index contributed by atoms with van der Waals surface area (Å²) in [7, 11) is 0. The van der Waals surface area contributed by atoms with Gasteiger partial charge < -0.3 is 4.84 Å². The quantitative estimate of drug-likeness (QED) is 0.680. The summed E-state index contributed by atoms with van der Waals surface area (Å²) in [4.78, 5) is 5.55. The minimum atomic E-state index is 0.797. The van der Waals surface area contributed by atoms with Crippen LogP contribution in [0.4, 0.5) is 0 Å². The molecule has 0 fully saturated rings. The predicted octanol–water partition coefficient (Wildman–Crippen LogP) is 2.37. The third-order valence-electron chi connectivity index (χ3n) is 1.75. The van der Waals surface area contributed by atoms with Gasteiger partial charge in [0.05, 0.1) is 6.54 Å². The van der Waals surface area contributed by atoms with E-state index < -0.39 is 0 Å². The largest absolute Gasteiger partial charge is 0.380 e. The van der Waals surface area contributed by atoms with E-state index in [2.05, 4.69) is 0 Å². The minimum absolute atomic E-state index is 0.797. The number of hydrogen-bond donors (Lipinski definition) is 0. The maximum Gasteiger partial charge on any atom is 0.155 e. The summed E-state index contributed by atoms with van der Waals surface area (Å²) in [5, 5.41) is 1.79. The molecular weight excluding hydrogens is 162 g/mol. The first-order chi connectivity index (χ1) is 6.45. The normalized spacial score (nSPS) is 14.6. The summed E-state index contributed by atoms with van der Waals surface area (Å²) < 4.78 is 0. The van der Waals surface area contributed by atoms with Crippen molar-refractivity contribution >= 4 is 0 Å². The molecule has 0 spiro atoms. The highest BCUT2D eigenvalue weighted by Gasteiger charge is 2.00. The molecule has 0 radical (unpaired) electrons. The van der Waals surface area contributed by atoms with Crippen LogP contribution in [0, 0.1) is 0 Å². The number of para-hydroxylation sites is 1. The number of hydrogen-bond acceptors (Lipinski definition) is 2. The fourth-order valence-electron chi connectivity index (χ4n) is 1.13. The van der Waals surface area contributed by atoms with E-state index in [1.807, 2.05) is 54.8 Å². The van der Waals surface area contributed by atoms with Crippen LogP contribution < -0.4 is 4.84 Å². The van der Waals surface area contributed by atoms with Crippen molar-refractivity contribution in [3.8, 4) is 5.75 Å². The number of allylic oxidation sites excluding steroid dienone is 2. The van der Waals surface area contributed by atoms with Gasteiger partial charge in [-0.2, -0.15) is 0 Å². The van der Waals surface area contributed by atoms with Gasteiger partial charge in [0.25, 0.3) is 0 Å². The van der Waals surface area contributed by atoms with Crippen LogP contribution in [0.25, 0.3) is 0 Å². The lowest BCUT2D eigenvalue weighted by atomic mass is 10.3. The van der Waals surface area contributed by atoms with Gasteiger partial charge >= 0.3 is 0 Å². The van der Waals surface area contributed by atoms with E-state index in [4.69, 9.17) is 4.84 Å². The summed E-state index contributed by atoms with van der Waals surface area (Å²) in [6.45, 7) is 0.797. The summed E-state index contributed by atoms with van der Waals surface area (Å²) in [6.07, 6.45) is 7.91. The van der Waals surface area contributed by atoms with E-state index in [0.717, 1.165) is 12.3 Å². The molecule has 0 aromatic heterocycles. The Labute approximate surface area is 77.7 Å². The zero-order valence-electron chi connectivity index (χ0n) is 7.26. The lowest BCUT2D eigenvalue weighted by molar-refractivity contribution is 0.00356. The van der Waals surface area contributed by atoms with Gasteiger partial charge in [0, 0.05) is 6.20 Å². The Balaban J connectivity index is 1.99. The third kappa shape index (κ3) is 2.12. The molecule has 0 saturated carbocycles. The van der Waals surface area contributed by atoms with E-state index in [0.29, 0.717) is 0 Å². The van der Waals surface area contributed by atoms with Gasteiger partial charge in [0.1, 0.15) is 0 Å². The van der Waals surface area contributed by atoms with Crippen molar-refractivity contribution in [2.75, 3.05) is 6.54 Å². The van der Waals surface area contributed by atoms with Crippen molar-refractivity contribution in [2.45, 2.75) is 0 Å². The van der Waals surface area contributed by atoms with Crippen LogP contribution in [0.5, 0.6) is 5.75 Å². The van der Waals surface area contributed by atoms with Gasteiger partial charge in [0.15, 0.2) is 5.75 Å². The maximum absolute atomic E-state index is 5.55. The summed E-state index contributed by atoms with van der Waals surface area (Å²) in [5.74, 6) is 0.863. The van der Waals surface area contributed by atoms with Crippen molar-refractivity contribution in [1.82, 2.24) is 5.06 Å². The van der Waals surface area contributed by atoms with Crippen molar-refractivity contribution in [3.05, 3.63) is 54.8 Å². The molecule has 1 aromatic carbocycles. The van der Waals surface area contributed by atoms with E-state index in [1.54, 1.807) is 5.06 Å². The van der Waals surface area contributed by atoms with Crippen LogP contribution in [-0.4, -0.2) is 11.6 Å². The average molecular weight is 173 g/mol. The molecule has 0 unspecified atom stereocenters. The number of rotatable bonds is 2. The molecule has 2 rings (SSSR count). The second kappa shape index (κ2) is 3.81. The predicted molar refractivity (Wildman–Crippen MR) is 52.1 cm³/mol. The zero-order valence-corrected chi connectivity index (χ0v) is 7.26. The first kappa shape index (κ1) is 7.92. The first-order valence-corrected chi connectivity index (χ1v) is 4.28. The highest BCUT2D eigenvalue weighted by atomic mass is 16.7. The summed E-state index contributed by atoms with van der Waals surface area (Å²) in [6, 6.07) is 9.76. The molecule has 0 amide bonds. The van der Waals surface area contributed by atoms with Crippen LogP contribution >= 0.6 is 0 Å². The molecule has 1 heterocycles. The zero-order chi connectivity index (χ0) is 8.93. The van der Waals surface area contributed by atoms with Crippen LogP contribution in [-0.2, 0) is 0 Å². The van der Waals surface area contributed by atoms with E-state index in [9.17, 15) is 0 Å². The Morgan fingerprint density at radius 2 is 1.92 bits per heavy atom. The molecular formula is C11H11NO. The topological polar surface area (TPSA) is 12.5 Å². The number of benzene rings is 1. The SMILES string of the molecule is C1=CCN(Oc2ccccc2)C=C1. The van der Waals surface area contributed by atoms with Gasteiger partial charge in [-0.25, -0.2) is 5.06 Å². The fourth-order valence-corrected chi connectivity index (χ4v) is 1.13. The van der Waals surface area contributed by atoms with Gasteiger partial charge in [-0.1, -0.05) is 30.4 Å². The molecule has 0 saturated heterocycles. The molecule has 2 heteroatoms. The second-order valence-corrected chi connectivity index (χ2v) is 2.77. The molecule has 66 valence electrons. The van der Waals surface area contributed by atoms with Crippen molar-refractivity contribution in [2.24, 2.45) is 0 Å². The highest BCUT2D eigenvalue weighted by molar-refractivity contribution is 5.21. The molecule has 0 bridgehead atoms. The Kier molecular flexibility index (Phi) is 2.32. The Morgan fingerprint density at radius 1 is 1.08 bits per heavy atom. The molecule has 2 nitrogen and oxygen atoms in total. The van der Waals surface area contributed by atoms with Gasteiger partial charge in [-0.15, -0.1) is 0 Å². The molecule has 1 aliphatic heterocycles. The van der Waals surface area contributed by atoms with Crippen molar-refractivity contribution in [1.29, 1.82) is 0 Å². The standard InChI is InChI=1S/C11H11NO/c1-3-7-11(8-4-1)13-12-9-5-2-6-10-12/h1-9H,10H2. The maximum atomic E-state index is 5.55. The lowest BCUT2D eigenvalue weighted by Gasteiger charge is -2.20. The van der Waals surface area contributed by atoms with Crippen molar-refractivity contribution in [3.63, 3.8) is 0 Å². The third-order valence-corrected chi connectivity index (χ3v) is 1.75. The first-order valence-electron chi connectivity index (χ1n) is 4.28. The summed E-state index contributed by atoms with van der Waals surface area (Å²) >= 11 is 0. The Hall–Kier alpha value is -1.70. The number of hydroxylamine groups is 2. The number of nitrogens with zero attached hydrogens (tertiary/aromatic N) is 1. The van der Waals surface area contributed by atoms with E-state index >= 15 is 0 Å². The average Bonchev–Trinajstić information content (AvgIpc) is 2.21. The van der Waals surface area contributed by atoms with Crippen LogP contribution in [0.15, 0.2) is 54.8 Å². The van der Waals surface area contributed by atoms with Gasteiger partial charge in [0.2, 0.25) is 0 Å². The lowest BCUT2D eigenvalue weighted by Crippen LogP contribution is -2.22. The van der Waals surface area contributed by atoms with Crippen LogP contribution in [0.3, 0.4) is 0 Å². The molecule has 1 aromatic rings. The van der Waals surface area contributed by atoms with E-state index in [-0.39, 0.29) is 0 Å². The Morgan fingerprint density at radius 3 is 2.62 bits per heavy atom. The monoisotopic (exact) mass is 173 g/mol. The van der Waals surface area contributed by atoms with Crippen molar-refractivity contribution < 1.29 is 4.84 Å². The fraction of sp³-hybridized carbons (Fsp3) is 0.0909. The second-order valence-electron chi connectivity index (χ2n) is 2.77. The van der Waals surface area contributed by atoms with Crippen LogP contribution in [0.2, 0.25) is 0 Å². The van der Waals surface area contributed by atoms with Gasteiger partial charge in [-0.05, 0) is 18.2 Å². The molecule has 1 aliphatic rings. The molecule has 0 N–H and O–H groups in total. The van der Waals surface area contributed by atoms with E-state index in [1.165, 1.54) is 0 Å². The highest BCUT2D eigenvalue weighted by Crippen LogP contribution is 2.11. The smallest absolute Gasteiger partial charge is 0.155 e. The summed E-state index contributed by atoms with van der Waals surface area (Å²) in [5.41, 5.74) is 0. The molecule has 0 aliphatic carbocycles. The molecule has 0 atom stereocenters.